The van der Waals surface area contributed by atoms with E-state index in [-0.39, 0.29) is 0 Å². The Bertz CT molecular complexity index is 1170. The van der Waals surface area contributed by atoms with Gasteiger partial charge in [0.05, 0.1) is 17.6 Å². The Morgan fingerprint density at radius 2 is 1.85 bits per heavy atom. The maximum Gasteiger partial charge on any atom is 0.137 e. The lowest BCUT2D eigenvalue weighted by Crippen LogP contribution is -1.92. The van der Waals surface area contributed by atoms with Gasteiger partial charge in [-0.25, -0.2) is 4.98 Å². The molecular formula is C20H14N6. The Morgan fingerprint density at radius 3 is 2.69 bits per heavy atom. The summed E-state index contributed by atoms with van der Waals surface area (Å²) in [6, 6.07) is 13.8. The van der Waals surface area contributed by atoms with E-state index >= 15 is 0 Å². The summed E-state index contributed by atoms with van der Waals surface area (Å²) in [4.78, 5) is 13.1. The molecule has 0 radical (unpaired) electrons. The highest BCUT2D eigenvalue weighted by atomic mass is 15.1. The van der Waals surface area contributed by atoms with Gasteiger partial charge in [-0.05, 0) is 36.4 Å². The molecule has 0 aliphatic heterocycles. The SMILES string of the molecule is c1ccc(-c2cnc3ccc(-c4c[nH]nc4-c4cccnc4)cn23)nc1. The van der Waals surface area contributed by atoms with Crippen LogP contribution in [0.15, 0.2) is 79.6 Å². The van der Waals surface area contributed by atoms with Crippen LogP contribution >= 0.6 is 0 Å². The van der Waals surface area contributed by atoms with Gasteiger partial charge in [0.25, 0.3) is 0 Å². The molecule has 0 fully saturated rings. The van der Waals surface area contributed by atoms with E-state index in [1.165, 1.54) is 0 Å². The first kappa shape index (κ1) is 14.5. The van der Waals surface area contributed by atoms with Crippen LogP contribution in [-0.4, -0.2) is 29.5 Å². The van der Waals surface area contributed by atoms with Gasteiger partial charge in [-0.15, -0.1) is 0 Å². The van der Waals surface area contributed by atoms with Crippen LogP contribution in [0.1, 0.15) is 0 Å². The van der Waals surface area contributed by atoms with Crippen molar-refractivity contribution in [3.63, 3.8) is 0 Å². The third kappa shape index (κ3) is 2.36. The number of imidazole rings is 1. The van der Waals surface area contributed by atoms with Crippen molar-refractivity contribution in [1.29, 1.82) is 0 Å². The van der Waals surface area contributed by atoms with E-state index in [1.54, 1.807) is 12.4 Å². The van der Waals surface area contributed by atoms with E-state index in [0.29, 0.717) is 0 Å². The summed E-state index contributed by atoms with van der Waals surface area (Å²) < 4.78 is 2.05. The molecule has 0 amide bonds. The van der Waals surface area contributed by atoms with Crippen molar-refractivity contribution < 1.29 is 0 Å². The topological polar surface area (TPSA) is 71.8 Å². The smallest absolute Gasteiger partial charge is 0.137 e. The first-order valence-electron chi connectivity index (χ1n) is 8.23. The Kier molecular flexibility index (Phi) is 3.31. The van der Waals surface area contributed by atoms with Crippen LogP contribution in [0.5, 0.6) is 0 Å². The lowest BCUT2D eigenvalue weighted by Gasteiger charge is -2.06. The maximum absolute atomic E-state index is 4.49. The number of aromatic nitrogens is 6. The lowest BCUT2D eigenvalue weighted by molar-refractivity contribution is 1.09. The summed E-state index contributed by atoms with van der Waals surface area (Å²) >= 11 is 0. The monoisotopic (exact) mass is 338 g/mol. The van der Waals surface area contributed by atoms with Crippen molar-refractivity contribution in [2.45, 2.75) is 0 Å². The van der Waals surface area contributed by atoms with Crippen LogP contribution in [-0.2, 0) is 0 Å². The van der Waals surface area contributed by atoms with Crippen LogP contribution in [0.25, 0.3) is 39.4 Å². The molecule has 0 saturated heterocycles. The maximum atomic E-state index is 4.49. The Morgan fingerprint density at radius 1 is 0.846 bits per heavy atom. The molecule has 5 aromatic rings. The quantitative estimate of drug-likeness (QED) is 0.542. The van der Waals surface area contributed by atoms with E-state index in [2.05, 4.69) is 41.8 Å². The zero-order chi connectivity index (χ0) is 17.3. The number of hydrogen-bond donors (Lipinski definition) is 1. The van der Waals surface area contributed by atoms with Gasteiger partial charge in [0, 0.05) is 47.7 Å². The minimum atomic E-state index is 0.872. The van der Waals surface area contributed by atoms with E-state index in [4.69, 9.17) is 0 Å². The molecule has 5 rings (SSSR count). The number of aromatic amines is 1. The van der Waals surface area contributed by atoms with Gasteiger partial charge < -0.3 is 0 Å². The number of hydrogen-bond acceptors (Lipinski definition) is 4. The zero-order valence-corrected chi connectivity index (χ0v) is 13.7. The van der Waals surface area contributed by atoms with E-state index in [0.717, 1.165) is 39.4 Å². The second kappa shape index (κ2) is 5.93. The van der Waals surface area contributed by atoms with E-state index in [1.807, 2.05) is 55.0 Å². The fraction of sp³-hybridized carbons (Fsp3) is 0. The fourth-order valence-electron chi connectivity index (χ4n) is 3.08. The highest BCUT2D eigenvalue weighted by Gasteiger charge is 2.13. The first-order chi connectivity index (χ1) is 12.9. The number of nitrogens with zero attached hydrogens (tertiary/aromatic N) is 5. The highest BCUT2D eigenvalue weighted by Crippen LogP contribution is 2.30. The number of pyridine rings is 3. The zero-order valence-electron chi connectivity index (χ0n) is 13.7. The van der Waals surface area contributed by atoms with Crippen molar-refractivity contribution in [2.24, 2.45) is 0 Å². The van der Waals surface area contributed by atoms with Crippen molar-refractivity contribution in [3.8, 4) is 33.8 Å². The number of rotatable bonds is 3. The third-order valence-electron chi connectivity index (χ3n) is 4.32. The van der Waals surface area contributed by atoms with Crippen LogP contribution in [0.3, 0.4) is 0 Å². The molecule has 0 aliphatic rings. The molecule has 0 atom stereocenters. The standard InChI is InChI=1S/C20H14N6/c1-2-9-22-17(5-1)18-12-23-19-7-6-15(13-26(18)19)16-11-24-25-20(16)14-4-3-8-21-10-14/h1-13H,(H,24,25). The van der Waals surface area contributed by atoms with Crippen LogP contribution in [0, 0.1) is 0 Å². The molecule has 1 N–H and O–H groups in total. The number of H-pyrrole nitrogens is 1. The summed E-state index contributed by atoms with van der Waals surface area (Å²) in [6.07, 6.45) is 11.2. The second-order valence-corrected chi connectivity index (χ2v) is 5.89. The molecule has 0 spiro atoms. The molecule has 124 valence electrons. The predicted molar refractivity (Wildman–Crippen MR) is 99.2 cm³/mol. The number of fused-ring (bicyclic) bond motifs is 1. The average Bonchev–Trinajstić information content (AvgIpc) is 3.36. The van der Waals surface area contributed by atoms with Crippen molar-refractivity contribution in [1.82, 2.24) is 29.5 Å². The fourth-order valence-corrected chi connectivity index (χ4v) is 3.08. The Balaban J connectivity index is 1.67. The van der Waals surface area contributed by atoms with E-state index in [9.17, 15) is 0 Å². The van der Waals surface area contributed by atoms with Crippen LogP contribution in [0.2, 0.25) is 0 Å². The second-order valence-electron chi connectivity index (χ2n) is 5.89. The van der Waals surface area contributed by atoms with Crippen LogP contribution in [0.4, 0.5) is 0 Å². The summed E-state index contributed by atoms with van der Waals surface area (Å²) in [5.74, 6) is 0. The minimum absolute atomic E-state index is 0.872. The molecule has 0 saturated carbocycles. The Labute approximate surface area is 149 Å². The molecule has 6 nitrogen and oxygen atoms in total. The number of nitrogens with one attached hydrogen (secondary N) is 1. The van der Waals surface area contributed by atoms with Crippen molar-refractivity contribution >= 4 is 5.65 Å². The predicted octanol–water partition coefficient (Wildman–Crippen LogP) is 3.85. The van der Waals surface area contributed by atoms with Crippen molar-refractivity contribution in [3.05, 3.63) is 79.6 Å². The van der Waals surface area contributed by atoms with Gasteiger partial charge >= 0.3 is 0 Å². The minimum Gasteiger partial charge on any atom is -0.298 e. The summed E-state index contributed by atoms with van der Waals surface area (Å²) in [5, 5.41) is 7.38. The Hall–Kier alpha value is -3.80. The molecule has 26 heavy (non-hydrogen) atoms. The van der Waals surface area contributed by atoms with Gasteiger partial charge in [-0.2, -0.15) is 5.10 Å². The first-order valence-corrected chi connectivity index (χ1v) is 8.23. The van der Waals surface area contributed by atoms with Gasteiger partial charge in [0.15, 0.2) is 0 Å². The largest absolute Gasteiger partial charge is 0.298 e. The molecule has 0 aromatic carbocycles. The van der Waals surface area contributed by atoms with Gasteiger partial charge in [0.1, 0.15) is 11.3 Å². The average molecular weight is 338 g/mol. The lowest BCUT2D eigenvalue weighted by atomic mass is 10.0. The molecule has 0 unspecified atom stereocenters. The highest BCUT2D eigenvalue weighted by molar-refractivity contribution is 5.80. The normalized spacial score (nSPS) is 11.1. The molecule has 5 aromatic heterocycles. The molecule has 0 aliphatic carbocycles. The van der Waals surface area contributed by atoms with Crippen molar-refractivity contribution in [2.75, 3.05) is 0 Å². The molecule has 6 heteroatoms. The summed E-state index contributed by atoms with van der Waals surface area (Å²) in [5.41, 5.74) is 6.61. The molecule has 0 bridgehead atoms. The van der Waals surface area contributed by atoms with Gasteiger partial charge in [-0.3, -0.25) is 19.5 Å². The molecular weight excluding hydrogens is 324 g/mol. The van der Waals surface area contributed by atoms with Gasteiger partial charge in [0.2, 0.25) is 0 Å². The molecule has 5 heterocycles. The summed E-state index contributed by atoms with van der Waals surface area (Å²) in [6.45, 7) is 0. The summed E-state index contributed by atoms with van der Waals surface area (Å²) in [7, 11) is 0. The van der Waals surface area contributed by atoms with E-state index < -0.39 is 0 Å². The van der Waals surface area contributed by atoms with Crippen LogP contribution < -0.4 is 0 Å². The third-order valence-corrected chi connectivity index (χ3v) is 4.32. The van der Waals surface area contributed by atoms with Gasteiger partial charge in [-0.1, -0.05) is 6.07 Å².